The van der Waals surface area contributed by atoms with Crippen molar-refractivity contribution >= 4 is 11.8 Å². The van der Waals surface area contributed by atoms with Crippen molar-refractivity contribution in [3.05, 3.63) is 0 Å². The van der Waals surface area contributed by atoms with Crippen LogP contribution in [0.3, 0.4) is 0 Å². The van der Waals surface area contributed by atoms with Crippen LogP contribution in [0.15, 0.2) is 0 Å². The highest BCUT2D eigenvalue weighted by molar-refractivity contribution is 5.72. The molecule has 0 aliphatic rings. The van der Waals surface area contributed by atoms with Gasteiger partial charge in [0.15, 0.2) is 0 Å². The average molecular weight is 210 g/mol. The van der Waals surface area contributed by atoms with Gasteiger partial charge in [-0.25, -0.2) is 0 Å². The summed E-state index contributed by atoms with van der Waals surface area (Å²) in [5, 5.41) is 7.57. The standard InChI is InChI=1S/C4H8O2.C3H6O.C2H6O.H2O/c1-3-6-4(2)5;1-3(2)4;1-2-3;/h3H2,1-2H3;1-2H3;3H,2H2,1H3;1H2. The Balaban J connectivity index is -0.0000000553. The zero-order valence-corrected chi connectivity index (χ0v) is 9.59. The van der Waals surface area contributed by atoms with Crippen LogP contribution >= 0.6 is 0 Å². The van der Waals surface area contributed by atoms with Crippen molar-refractivity contribution in [3.8, 4) is 0 Å². The zero-order chi connectivity index (χ0) is 11.3. The minimum Gasteiger partial charge on any atom is -0.466 e. The molecule has 0 amide bonds. The lowest BCUT2D eigenvalue weighted by Gasteiger charge is -1.89. The van der Waals surface area contributed by atoms with Gasteiger partial charge in [-0.2, -0.15) is 0 Å². The number of aliphatic hydroxyl groups is 1. The molecule has 0 bridgehead atoms. The molecule has 3 N–H and O–H groups in total. The fourth-order valence-electron chi connectivity index (χ4n) is 0.203. The van der Waals surface area contributed by atoms with Gasteiger partial charge in [0, 0.05) is 13.5 Å². The van der Waals surface area contributed by atoms with Crippen LogP contribution in [0.5, 0.6) is 0 Å². The topological polar surface area (TPSA) is 95.1 Å². The Bertz CT molecular complexity index is 118. The summed E-state index contributed by atoms with van der Waals surface area (Å²) in [5.74, 6) is -0.0440. The number of hydrogen-bond donors (Lipinski definition) is 1. The molecule has 0 aromatic carbocycles. The molecule has 0 atom stereocenters. The molecule has 0 heterocycles. The molecule has 0 aliphatic heterocycles. The van der Waals surface area contributed by atoms with Crippen LogP contribution < -0.4 is 0 Å². The predicted octanol–water partition coefficient (Wildman–Crippen LogP) is 0.339. The van der Waals surface area contributed by atoms with Crippen molar-refractivity contribution < 1.29 is 24.9 Å². The van der Waals surface area contributed by atoms with Gasteiger partial charge >= 0.3 is 5.97 Å². The third-order valence-corrected chi connectivity index (χ3v) is 0.348. The number of rotatable bonds is 1. The van der Waals surface area contributed by atoms with Crippen LogP contribution in [0.1, 0.15) is 34.6 Å². The SMILES string of the molecule is CC(C)=O.CCO.CCOC(C)=O.O. The monoisotopic (exact) mass is 210 g/mol. The normalized spacial score (nSPS) is 6.43. The maximum Gasteiger partial charge on any atom is 0.302 e. The van der Waals surface area contributed by atoms with E-state index in [2.05, 4.69) is 4.74 Å². The number of ketones is 1. The smallest absolute Gasteiger partial charge is 0.302 e. The van der Waals surface area contributed by atoms with Crippen LogP contribution in [0, 0.1) is 0 Å². The van der Waals surface area contributed by atoms with Gasteiger partial charge in [-0.3, -0.25) is 4.79 Å². The van der Waals surface area contributed by atoms with E-state index in [9.17, 15) is 9.59 Å². The largest absolute Gasteiger partial charge is 0.466 e. The average Bonchev–Trinajstić information content (AvgIpc) is 1.86. The van der Waals surface area contributed by atoms with Crippen molar-refractivity contribution in [1.29, 1.82) is 0 Å². The molecule has 0 aromatic rings. The van der Waals surface area contributed by atoms with Gasteiger partial charge < -0.3 is 20.1 Å². The lowest BCUT2D eigenvalue weighted by molar-refractivity contribution is -0.140. The van der Waals surface area contributed by atoms with E-state index < -0.39 is 0 Å². The highest BCUT2D eigenvalue weighted by atomic mass is 16.5. The van der Waals surface area contributed by atoms with E-state index in [1.807, 2.05) is 0 Å². The summed E-state index contributed by atoms with van der Waals surface area (Å²) in [4.78, 5) is 19.3. The number of Topliss-reactive ketones (excluding diaryl/α,β-unsaturated/α-hetero) is 1. The van der Waals surface area contributed by atoms with E-state index in [-0.39, 0.29) is 23.8 Å². The molecular weight excluding hydrogens is 188 g/mol. The van der Waals surface area contributed by atoms with Gasteiger partial charge in [0.2, 0.25) is 0 Å². The van der Waals surface area contributed by atoms with E-state index in [0.29, 0.717) is 6.61 Å². The van der Waals surface area contributed by atoms with Gasteiger partial charge in [-0.15, -0.1) is 0 Å². The van der Waals surface area contributed by atoms with Gasteiger partial charge in [-0.05, 0) is 27.7 Å². The summed E-state index contributed by atoms with van der Waals surface area (Å²) >= 11 is 0. The second-order valence-electron chi connectivity index (χ2n) is 2.15. The summed E-state index contributed by atoms with van der Waals surface area (Å²) < 4.78 is 4.40. The van der Waals surface area contributed by atoms with Crippen LogP contribution in [0.2, 0.25) is 0 Å². The number of carbonyl (C=O) groups is 2. The van der Waals surface area contributed by atoms with Crippen molar-refractivity contribution in [2.24, 2.45) is 0 Å². The Labute approximate surface area is 85.4 Å². The lowest BCUT2D eigenvalue weighted by Crippen LogP contribution is -1.95. The molecule has 0 radical (unpaired) electrons. The van der Waals surface area contributed by atoms with E-state index in [1.165, 1.54) is 20.8 Å². The first-order chi connectivity index (χ1) is 5.92. The predicted molar refractivity (Wildman–Crippen MR) is 55.0 cm³/mol. The molecular formula is C9H22O5. The van der Waals surface area contributed by atoms with Crippen LogP contribution in [-0.2, 0) is 14.3 Å². The third-order valence-electron chi connectivity index (χ3n) is 0.348. The maximum atomic E-state index is 9.82. The Kier molecular flexibility index (Phi) is 37.5. The summed E-state index contributed by atoms with van der Waals surface area (Å²) in [5.41, 5.74) is 0. The number of hydrogen-bond acceptors (Lipinski definition) is 4. The van der Waals surface area contributed by atoms with Crippen molar-refractivity contribution in [3.63, 3.8) is 0 Å². The molecule has 5 nitrogen and oxygen atoms in total. The molecule has 0 saturated heterocycles. The minimum absolute atomic E-state index is 0. The quantitative estimate of drug-likeness (QED) is 0.631. The molecule has 0 fully saturated rings. The molecule has 0 unspecified atom stereocenters. The maximum absolute atomic E-state index is 9.82. The molecule has 0 aliphatic carbocycles. The van der Waals surface area contributed by atoms with Crippen molar-refractivity contribution in [2.75, 3.05) is 13.2 Å². The molecule has 14 heavy (non-hydrogen) atoms. The first kappa shape index (κ1) is 23.1. The molecule has 88 valence electrons. The van der Waals surface area contributed by atoms with Gasteiger partial charge in [-0.1, -0.05) is 0 Å². The zero-order valence-electron chi connectivity index (χ0n) is 9.59. The van der Waals surface area contributed by atoms with Gasteiger partial charge in [0.1, 0.15) is 5.78 Å². The first-order valence-corrected chi connectivity index (χ1v) is 4.13. The summed E-state index contributed by atoms with van der Waals surface area (Å²) in [6, 6.07) is 0. The van der Waals surface area contributed by atoms with E-state index in [0.717, 1.165) is 0 Å². The Morgan fingerprint density at radius 3 is 1.36 bits per heavy atom. The highest BCUT2D eigenvalue weighted by Gasteiger charge is 1.81. The lowest BCUT2D eigenvalue weighted by atomic mass is 10.6. The van der Waals surface area contributed by atoms with Crippen LogP contribution in [0.25, 0.3) is 0 Å². The summed E-state index contributed by atoms with van der Waals surface area (Å²) in [6.07, 6.45) is 0. The Morgan fingerprint density at radius 2 is 1.36 bits per heavy atom. The van der Waals surface area contributed by atoms with Crippen molar-refractivity contribution in [1.82, 2.24) is 0 Å². The molecule has 0 rings (SSSR count). The Morgan fingerprint density at radius 1 is 1.14 bits per heavy atom. The highest BCUT2D eigenvalue weighted by Crippen LogP contribution is 1.69. The number of aliphatic hydroxyl groups excluding tert-OH is 1. The van der Waals surface area contributed by atoms with E-state index in [1.54, 1.807) is 13.8 Å². The first-order valence-electron chi connectivity index (χ1n) is 4.13. The van der Waals surface area contributed by atoms with Crippen LogP contribution in [0.4, 0.5) is 0 Å². The van der Waals surface area contributed by atoms with E-state index >= 15 is 0 Å². The second kappa shape index (κ2) is 22.7. The molecule has 5 heteroatoms. The van der Waals surface area contributed by atoms with Crippen molar-refractivity contribution in [2.45, 2.75) is 34.6 Å². The Hall–Kier alpha value is -0.940. The second-order valence-corrected chi connectivity index (χ2v) is 2.15. The number of carbonyl (C=O) groups excluding carboxylic acids is 2. The molecule has 0 spiro atoms. The number of esters is 1. The van der Waals surface area contributed by atoms with Gasteiger partial charge in [0.25, 0.3) is 0 Å². The summed E-state index contributed by atoms with van der Waals surface area (Å²) in [6.45, 7) is 8.64. The fraction of sp³-hybridized carbons (Fsp3) is 0.778. The minimum atomic E-state index is -0.211. The fourth-order valence-corrected chi connectivity index (χ4v) is 0.203. The molecule has 0 saturated carbocycles. The summed E-state index contributed by atoms with van der Waals surface area (Å²) in [7, 11) is 0. The third kappa shape index (κ3) is 264. The van der Waals surface area contributed by atoms with Crippen LogP contribution in [-0.4, -0.2) is 35.5 Å². The molecule has 0 aromatic heterocycles. The van der Waals surface area contributed by atoms with E-state index in [4.69, 9.17) is 5.11 Å². The number of ether oxygens (including phenoxy) is 1. The van der Waals surface area contributed by atoms with Gasteiger partial charge in [0.05, 0.1) is 6.61 Å².